The Bertz CT molecular complexity index is 943. The molecule has 8 nitrogen and oxygen atoms in total. The minimum atomic E-state index is -5.08. The quantitative estimate of drug-likeness (QED) is 0.763. The number of aromatic nitrogens is 2. The molecule has 2 amide bonds. The maximum atomic E-state index is 12.7. The second-order valence-electron chi connectivity index (χ2n) is 7.11. The maximum Gasteiger partial charge on any atom is 0.490 e. The van der Waals surface area contributed by atoms with Crippen LogP contribution >= 0.6 is 11.3 Å². The molecule has 0 bridgehead atoms. The van der Waals surface area contributed by atoms with E-state index in [0.29, 0.717) is 19.5 Å². The normalized spacial score (nSPS) is 16.4. The average Bonchev–Trinajstić information content (AvgIpc) is 3.42. The molecule has 12 heteroatoms. The highest BCUT2D eigenvalue weighted by Crippen LogP contribution is 2.22. The van der Waals surface area contributed by atoms with E-state index in [9.17, 15) is 22.8 Å². The minimum Gasteiger partial charge on any atom is -0.475 e. The first-order valence-electron chi connectivity index (χ1n) is 9.60. The summed E-state index contributed by atoms with van der Waals surface area (Å²) < 4.78 is 33.9. The smallest absolute Gasteiger partial charge is 0.475 e. The number of halogens is 3. The molecule has 0 aliphatic carbocycles. The van der Waals surface area contributed by atoms with Gasteiger partial charge in [0.2, 0.25) is 5.91 Å². The van der Waals surface area contributed by atoms with Crippen LogP contribution in [0.15, 0.2) is 23.8 Å². The van der Waals surface area contributed by atoms with Crippen molar-refractivity contribution >= 4 is 29.1 Å². The molecule has 0 unspecified atom stereocenters. The van der Waals surface area contributed by atoms with Crippen molar-refractivity contribution < 1.29 is 32.7 Å². The zero-order chi connectivity index (χ0) is 22.6. The van der Waals surface area contributed by atoms with Gasteiger partial charge in [0.1, 0.15) is 0 Å². The van der Waals surface area contributed by atoms with Gasteiger partial charge in [-0.15, -0.1) is 11.3 Å². The van der Waals surface area contributed by atoms with Gasteiger partial charge in [-0.1, -0.05) is 6.07 Å². The summed E-state index contributed by atoms with van der Waals surface area (Å²) >= 11 is 1.48. The summed E-state index contributed by atoms with van der Waals surface area (Å²) in [5.41, 5.74) is 1.99. The number of aliphatic carboxylic acids is 1. The fourth-order valence-corrected chi connectivity index (χ4v) is 4.12. The molecular formula is C19H21F3N4O4S. The van der Waals surface area contributed by atoms with Crippen molar-refractivity contribution in [3.8, 4) is 0 Å². The summed E-state index contributed by atoms with van der Waals surface area (Å²) in [5.74, 6) is -2.47. The van der Waals surface area contributed by atoms with Gasteiger partial charge in [0.15, 0.2) is 0 Å². The predicted molar refractivity (Wildman–Crippen MR) is 104 cm³/mol. The van der Waals surface area contributed by atoms with E-state index < -0.39 is 12.1 Å². The van der Waals surface area contributed by atoms with Crippen molar-refractivity contribution in [2.24, 2.45) is 0 Å². The Hall–Kier alpha value is -2.89. The number of thiophene rings is 1. The number of carbonyl (C=O) groups excluding carboxylic acids is 2. The van der Waals surface area contributed by atoms with Gasteiger partial charge in [0, 0.05) is 26.1 Å². The van der Waals surface area contributed by atoms with Crippen LogP contribution in [0.5, 0.6) is 0 Å². The topological polar surface area (TPSA) is 95.7 Å². The lowest BCUT2D eigenvalue weighted by Crippen LogP contribution is -2.31. The Morgan fingerprint density at radius 1 is 1.19 bits per heavy atom. The standard InChI is InChI=1S/C17H20N4O2S.C2HF3O2/c22-16-5-1-6-19(16)10-13-14-11-20(7-3-8-21(14)12-18-13)17(23)15-4-2-9-24-15;3-2(4,5)1(6)7/h2,4,9,12H,1,3,5-8,10-11H2;(H,6,7). The number of aryl methyl sites for hydroxylation is 1. The Kier molecular flexibility index (Phi) is 6.98. The van der Waals surface area contributed by atoms with Crippen molar-refractivity contribution in [2.45, 2.75) is 45.1 Å². The molecule has 2 aromatic heterocycles. The number of carbonyl (C=O) groups is 3. The number of nitrogens with zero attached hydrogens (tertiary/aromatic N) is 4. The fraction of sp³-hybridized carbons (Fsp3) is 0.474. The first kappa shape index (κ1) is 22.8. The predicted octanol–water partition coefficient (Wildman–Crippen LogP) is 2.75. The molecule has 0 radical (unpaired) electrons. The largest absolute Gasteiger partial charge is 0.490 e. The molecule has 1 N–H and O–H groups in total. The van der Waals surface area contributed by atoms with Crippen LogP contribution in [-0.4, -0.2) is 61.5 Å². The van der Waals surface area contributed by atoms with Gasteiger partial charge in [0.25, 0.3) is 5.91 Å². The zero-order valence-electron chi connectivity index (χ0n) is 16.5. The number of amides is 2. The Labute approximate surface area is 179 Å². The molecule has 1 saturated heterocycles. The molecule has 2 aromatic rings. The SMILES string of the molecule is O=C(O)C(F)(F)F.O=C1CCCN1Cc1ncn2c1CN(C(=O)c1cccs1)CCC2. The van der Waals surface area contributed by atoms with E-state index >= 15 is 0 Å². The summed E-state index contributed by atoms with van der Waals surface area (Å²) in [5, 5.41) is 9.06. The van der Waals surface area contributed by atoms with Crippen LogP contribution in [0.25, 0.3) is 0 Å². The average molecular weight is 458 g/mol. The highest BCUT2D eigenvalue weighted by atomic mass is 32.1. The molecule has 0 atom stereocenters. The van der Waals surface area contributed by atoms with Gasteiger partial charge < -0.3 is 19.5 Å². The van der Waals surface area contributed by atoms with Gasteiger partial charge in [-0.25, -0.2) is 9.78 Å². The number of hydrogen-bond donors (Lipinski definition) is 1. The number of likely N-dealkylation sites (tertiary alicyclic amines) is 1. The van der Waals surface area contributed by atoms with Gasteiger partial charge >= 0.3 is 12.1 Å². The first-order chi connectivity index (χ1) is 14.7. The third-order valence-corrected chi connectivity index (χ3v) is 5.83. The second-order valence-corrected chi connectivity index (χ2v) is 8.06. The lowest BCUT2D eigenvalue weighted by atomic mass is 10.2. The number of carboxylic acids is 1. The molecule has 1 fully saturated rings. The summed E-state index contributed by atoms with van der Waals surface area (Å²) in [6, 6.07) is 3.78. The number of carboxylic acid groups (broad SMARTS) is 1. The monoisotopic (exact) mass is 458 g/mol. The lowest BCUT2D eigenvalue weighted by Gasteiger charge is -2.21. The molecule has 168 valence electrons. The third kappa shape index (κ3) is 5.63. The zero-order valence-corrected chi connectivity index (χ0v) is 17.3. The highest BCUT2D eigenvalue weighted by molar-refractivity contribution is 7.12. The van der Waals surface area contributed by atoms with Gasteiger partial charge in [0.05, 0.1) is 35.7 Å². The molecule has 4 rings (SSSR count). The van der Waals surface area contributed by atoms with Crippen LogP contribution in [0.3, 0.4) is 0 Å². The van der Waals surface area contributed by atoms with Gasteiger partial charge in [-0.05, 0) is 24.3 Å². The van der Waals surface area contributed by atoms with Crippen molar-refractivity contribution in [2.75, 3.05) is 13.1 Å². The van der Waals surface area contributed by atoms with Gasteiger partial charge in [-0.3, -0.25) is 9.59 Å². The number of imidazole rings is 1. The van der Waals surface area contributed by atoms with E-state index in [1.54, 1.807) is 0 Å². The molecule has 0 aromatic carbocycles. The Balaban J connectivity index is 0.000000339. The second kappa shape index (κ2) is 9.50. The fourth-order valence-electron chi connectivity index (χ4n) is 3.43. The van der Waals surface area contributed by atoms with E-state index in [-0.39, 0.29) is 11.8 Å². The Morgan fingerprint density at radius 3 is 2.52 bits per heavy atom. The molecule has 0 spiro atoms. The third-order valence-electron chi connectivity index (χ3n) is 4.97. The van der Waals surface area contributed by atoms with E-state index in [1.807, 2.05) is 33.6 Å². The minimum absolute atomic E-state index is 0.0860. The van der Waals surface area contributed by atoms with Crippen molar-refractivity contribution in [3.63, 3.8) is 0 Å². The molecular weight excluding hydrogens is 437 g/mol. The van der Waals surface area contributed by atoms with Crippen LogP contribution in [0.4, 0.5) is 13.2 Å². The van der Waals surface area contributed by atoms with E-state index in [1.165, 1.54) is 11.3 Å². The molecule has 0 saturated carbocycles. The van der Waals surface area contributed by atoms with Crippen molar-refractivity contribution in [1.29, 1.82) is 0 Å². The first-order valence-corrected chi connectivity index (χ1v) is 10.5. The Morgan fingerprint density at radius 2 is 1.94 bits per heavy atom. The number of hydrogen-bond acceptors (Lipinski definition) is 5. The summed E-state index contributed by atoms with van der Waals surface area (Å²) in [7, 11) is 0. The lowest BCUT2D eigenvalue weighted by molar-refractivity contribution is -0.192. The van der Waals surface area contributed by atoms with Crippen LogP contribution < -0.4 is 0 Å². The number of alkyl halides is 3. The van der Waals surface area contributed by atoms with E-state index in [2.05, 4.69) is 9.55 Å². The number of rotatable bonds is 3. The van der Waals surface area contributed by atoms with Crippen LogP contribution in [-0.2, 0) is 29.2 Å². The number of fused-ring (bicyclic) bond motifs is 1. The van der Waals surface area contributed by atoms with Crippen molar-refractivity contribution in [3.05, 3.63) is 40.1 Å². The summed E-state index contributed by atoms with van der Waals surface area (Å²) in [6.07, 6.45) is -0.746. The maximum absolute atomic E-state index is 12.7. The van der Waals surface area contributed by atoms with Crippen molar-refractivity contribution in [1.82, 2.24) is 19.4 Å². The molecule has 2 aliphatic heterocycles. The molecule has 4 heterocycles. The highest BCUT2D eigenvalue weighted by Gasteiger charge is 2.38. The van der Waals surface area contributed by atoms with Crippen LogP contribution in [0.2, 0.25) is 0 Å². The molecule has 31 heavy (non-hydrogen) atoms. The van der Waals surface area contributed by atoms with E-state index in [4.69, 9.17) is 9.90 Å². The van der Waals surface area contributed by atoms with E-state index in [0.717, 1.165) is 48.7 Å². The van der Waals surface area contributed by atoms with Crippen LogP contribution in [0, 0.1) is 0 Å². The summed E-state index contributed by atoms with van der Waals surface area (Å²) in [4.78, 5) is 42.6. The van der Waals surface area contributed by atoms with Gasteiger partial charge in [-0.2, -0.15) is 13.2 Å². The molecule has 2 aliphatic rings. The van der Waals surface area contributed by atoms with Crippen LogP contribution in [0.1, 0.15) is 40.3 Å². The summed E-state index contributed by atoms with van der Waals surface area (Å²) in [6.45, 7) is 3.55.